The fourth-order valence-corrected chi connectivity index (χ4v) is 8.37. The molecule has 0 aromatic carbocycles. The highest BCUT2D eigenvalue weighted by Crippen LogP contribution is 2.42. The van der Waals surface area contributed by atoms with Crippen LogP contribution >= 0.6 is 23.2 Å². The highest BCUT2D eigenvalue weighted by atomic mass is 35.5. The van der Waals surface area contributed by atoms with E-state index in [-0.39, 0.29) is 59.7 Å². The molecule has 0 aromatic rings. The van der Waals surface area contributed by atoms with Gasteiger partial charge in [0.05, 0.1) is 48.0 Å². The van der Waals surface area contributed by atoms with Crippen molar-refractivity contribution in [1.82, 2.24) is 10.8 Å². The molecule has 4 rings (SSSR count). The van der Waals surface area contributed by atoms with E-state index in [0.717, 1.165) is 44.9 Å². The van der Waals surface area contributed by atoms with Crippen LogP contribution < -0.4 is 10.8 Å². The second kappa shape index (κ2) is 15.1. The van der Waals surface area contributed by atoms with Crippen LogP contribution in [0.2, 0.25) is 0 Å². The summed E-state index contributed by atoms with van der Waals surface area (Å²) in [5.74, 6) is -1.72. The van der Waals surface area contributed by atoms with Crippen LogP contribution in [0.25, 0.3) is 0 Å². The lowest BCUT2D eigenvalue weighted by molar-refractivity contribution is -0.258. The molecule has 4 saturated carbocycles. The Kier molecular flexibility index (Phi) is 12.2. The summed E-state index contributed by atoms with van der Waals surface area (Å²) in [5.41, 5.74) is 3.15. The van der Waals surface area contributed by atoms with E-state index in [1.165, 1.54) is 0 Å². The van der Waals surface area contributed by atoms with E-state index in [4.69, 9.17) is 33.3 Å². The Labute approximate surface area is 246 Å². The molecule has 230 valence electrons. The van der Waals surface area contributed by atoms with Gasteiger partial charge in [-0.2, -0.15) is 5.48 Å². The summed E-state index contributed by atoms with van der Waals surface area (Å²) >= 11 is 13.6. The molecule has 0 heterocycles. The Balaban J connectivity index is 1.19. The highest BCUT2D eigenvalue weighted by molar-refractivity contribution is 6.21. The first-order chi connectivity index (χ1) is 19.2. The number of aliphatic hydroxyl groups is 2. The molecular formula is C28H46Cl2N2O8. The van der Waals surface area contributed by atoms with Gasteiger partial charge in [0.1, 0.15) is 0 Å². The average Bonchev–Trinajstić information content (AvgIpc) is 2.92. The number of carbonyl (C=O) groups excluding carboxylic acids is 1. The number of alkyl halides is 2. The second-order valence-electron chi connectivity index (χ2n) is 12.6. The lowest BCUT2D eigenvalue weighted by Crippen LogP contribution is -2.51. The third-order valence-electron chi connectivity index (χ3n) is 10.0. The fourth-order valence-electron chi connectivity index (χ4n) is 7.55. The Morgan fingerprint density at radius 1 is 0.725 bits per heavy atom. The number of carboxylic acids is 1. The number of hydroxylamine groups is 1. The largest absolute Gasteiger partial charge is 0.481 e. The average molecular weight is 610 g/mol. The zero-order valence-corrected chi connectivity index (χ0v) is 24.5. The smallest absolute Gasteiger partial charge is 0.307 e. The minimum atomic E-state index is -0.988. The van der Waals surface area contributed by atoms with Gasteiger partial charge in [0, 0.05) is 12.1 Å². The fraction of sp³-hybridized carbons (Fsp3) is 0.929. The van der Waals surface area contributed by atoms with Crippen LogP contribution in [0, 0.1) is 35.5 Å². The number of rotatable bonds is 10. The maximum atomic E-state index is 13.0. The molecule has 12 atom stereocenters. The van der Waals surface area contributed by atoms with Crippen molar-refractivity contribution in [1.29, 1.82) is 0 Å². The Morgan fingerprint density at radius 2 is 1.35 bits per heavy atom. The summed E-state index contributed by atoms with van der Waals surface area (Å²) in [6.07, 6.45) is 7.14. The van der Waals surface area contributed by atoms with Crippen LogP contribution in [0.3, 0.4) is 0 Å². The number of hydrogen-bond donors (Lipinski definition) is 6. The van der Waals surface area contributed by atoms with Gasteiger partial charge in [-0.05, 0) is 101 Å². The zero-order valence-electron chi connectivity index (χ0n) is 23.0. The second-order valence-corrected chi connectivity index (χ2v) is 13.8. The van der Waals surface area contributed by atoms with E-state index in [2.05, 4.69) is 15.7 Å². The van der Waals surface area contributed by atoms with Crippen LogP contribution in [0.15, 0.2) is 0 Å². The molecule has 4 fully saturated rings. The monoisotopic (exact) mass is 608 g/mol. The van der Waals surface area contributed by atoms with E-state index in [9.17, 15) is 24.9 Å². The zero-order chi connectivity index (χ0) is 28.8. The van der Waals surface area contributed by atoms with Crippen LogP contribution in [-0.4, -0.2) is 80.7 Å². The van der Waals surface area contributed by atoms with Crippen LogP contribution in [-0.2, 0) is 19.3 Å². The molecule has 6 N–H and O–H groups in total. The van der Waals surface area contributed by atoms with Crippen LogP contribution in [0.1, 0.15) is 77.0 Å². The first-order valence-electron chi connectivity index (χ1n) is 15.0. The topological polar surface area (TPSA) is 158 Å². The summed E-state index contributed by atoms with van der Waals surface area (Å²) in [6.45, 7) is 0.662. The van der Waals surface area contributed by atoms with Crippen molar-refractivity contribution >= 4 is 35.1 Å². The van der Waals surface area contributed by atoms with Crippen LogP contribution in [0.4, 0.5) is 0 Å². The summed E-state index contributed by atoms with van der Waals surface area (Å²) in [4.78, 5) is 34.8. The van der Waals surface area contributed by atoms with Crippen molar-refractivity contribution in [3.63, 3.8) is 0 Å². The molecule has 10 nitrogen and oxygen atoms in total. The SMILES string of the molecule is O=C(O)C1CCC(O)CC1C(=O)NC1CCC(C2CCC(NOCC3CC(O)CCC3COO)C(Cl)C2)CC1Cl. The molecule has 0 radical (unpaired) electrons. The van der Waals surface area contributed by atoms with Gasteiger partial charge in [-0.15, -0.1) is 23.2 Å². The summed E-state index contributed by atoms with van der Waals surface area (Å²) in [5, 5.41) is 41.1. The van der Waals surface area contributed by atoms with Crippen molar-refractivity contribution in [3.05, 3.63) is 0 Å². The van der Waals surface area contributed by atoms with E-state index < -0.39 is 23.9 Å². The molecule has 0 spiro atoms. The standard InChI is InChI=1S/C28H46Cl2N2O8/c29-23-10-15(2-7-25(23)31-27(35)22-12-20(34)5-6-21(22)28(36)37)16-3-8-26(24(30)11-16)32-39-13-18-9-19(33)4-1-17(18)14-40-38/h15-26,32-34,38H,1-14H2,(H,31,35)(H,36,37). The maximum absolute atomic E-state index is 13.0. The molecular weight excluding hydrogens is 563 g/mol. The summed E-state index contributed by atoms with van der Waals surface area (Å²) in [7, 11) is 0. The lowest BCUT2D eigenvalue weighted by Gasteiger charge is -2.42. The number of carboxylic acid groups (broad SMARTS) is 1. The van der Waals surface area contributed by atoms with Gasteiger partial charge in [0.2, 0.25) is 5.91 Å². The van der Waals surface area contributed by atoms with E-state index in [0.29, 0.717) is 44.1 Å². The van der Waals surface area contributed by atoms with E-state index in [1.807, 2.05) is 0 Å². The molecule has 12 unspecified atom stereocenters. The normalized spacial score (nSPS) is 42.7. The Bertz CT molecular complexity index is 840. The lowest BCUT2D eigenvalue weighted by atomic mass is 9.71. The molecule has 0 bridgehead atoms. The van der Waals surface area contributed by atoms with Crippen molar-refractivity contribution < 1.29 is 39.9 Å². The van der Waals surface area contributed by atoms with Crippen LogP contribution in [0.5, 0.6) is 0 Å². The molecule has 1 amide bonds. The van der Waals surface area contributed by atoms with Crippen molar-refractivity contribution in [3.8, 4) is 0 Å². The first-order valence-corrected chi connectivity index (χ1v) is 15.8. The predicted molar refractivity (Wildman–Crippen MR) is 149 cm³/mol. The number of amides is 1. The van der Waals surface area contributed by atoms with Gasteiger partial charge in [-0.1, -0.05) is 0 Å². The quantitative estimate of drug-likeness (QED) is 0.124. The van der Waals surface area contributed by atoms with E-state index in [1.54, 1.807) is 0 Å². The molecule has 40 heavy (non-hydrogen) atoms. The summed E-state index contributed by atoms with van der Waals surface area (Å²) < 4.78 is 0. The number of aliphatic carboxylic acids is 1. The Morgan fingerprint density at radius 3 is 1.98 bits per heavy atom. The van der Waals surface area contributed by atoms with Gasteiger partial charge >= 0.3 is 5.97 Å². The minimum Gasteiger partial charge on any atom is -0.481 e. The summed E-state index contributed by atoms with van der Waals surface area (Å²) in [6, 6.07) is -0.190. The van der Waals surface area contributed by atoms with Gasteiger partial charge < -0.3 is 25.5 Å². The molecule has 12 heteroatoms. The van der Waals surface area contributed by atoms with Crippen molar-refractivity contribution in [2.45, 2.75) is 112 Å². The van der Waals surface area contributed by atoms with E-state index >= 15 is 0 Å². The third-order valence-corrected chi connectivity index (χ3v) is 11.0. The Hall–Kier alpha value is -0.720. The molecule has 0 aliphatic heterocycles. The number of carbonyl (C=O) groups is 2. The van der Waals surface area contributed by atoms with Gasteiger partial charge in [0.25, 0.3) is 0 Å². The number of aliphatic hydroxyl groups excluding tert-OH is 2. The molecule has 4 aliphatic carbocycles. The van der Waals surface area contributed by atoms with Gasteiger partial charge in [-0.25, -0.2) is 4.89 Å². The van der Waals surface area contributed by atoms with Crippen molar-refractivity contribution in [2.24, 2.45) is 35.5 Å². The molecule has 0 aromatic heterocycles. The predicted octanol–water partition coefficient (Wildman–Crippen LogP) is 3.30. The first kappa shape index (κ1) is 32.2. The van der Waals surface area contributed by atoms with Gasteiger partial charge in [0.15, 0.2) is 0 Å². The highest BCUT2D eigenvalue weighted by Gasteiger charge is 2.42. The maximum Gasteiger partial charge on any atom is 0.307 e. The molecule has 0 saturated heterocycles. The van der Waals surface area contributed by atoms with Gasteiger partial charge in [-0.3, -0.25) is 14.8 Å². The third kappa shape index (κ3) is 8.43. The molecule has 4 aliphatic rings. The number of halogens is 2. The number of hydrogen-bond acceptors (Lipinski definition) is 8. The number of nitrogens with one attached hydrogen (secondary N) is 2. The van der Waals surface area contributed by atoms with Crippen molar-refractivity contribution in [2.75, 3.05) is 13.2 Å². The minimum absolute atomic E-state index is 0.0226.